The molecule has 0 aliphatic carbocycles. The monoisotopic (exact) mass is 377 g/mol. The van der Waals surface area contributed by atoms with E-state index in [1.165, 1.54) is 4.57 Å². The van der Waals surface area contributed by atoms with Gasteiger partial charge in [-0.1, -0.05) is 38.2 Å². The molecule has 2 aromatic rings. The van der Waals surface area contributed by atoms with Crippen LogP contribution in [-0.2, 0) is 4.74 Å². The van der Waals surface area contributed by atoms with Crippen molar-refractivity contribution >= 4 is 34.3 Å². The first-order chi connectivity index (χ1) is 12.1. The molecule has 0 radical (unpaired) electrons. The van der Waals surface area contributed by atoms with E-state index in [2.05, 4.69) is 24.1 Å². The lowest BCUT2D eigenvalue weighted by Crippen LogP contribution is -2.46. The number of hydrogen-bond acceptors (Lipinski definition) is 4. The van der Waals surface area contributed by atoms with Crippen LogP contribution in [0.1, 0.15) is 47.5 Å². The molecule has 2 rings (SSSR count). The van der Waals surface area contributed by atoms with Crippen molar-refractivity contribution in [1.29, 1.82) is 0 Å². The number of carbonyl (C=O) groups excluding carboxylic acids is 1. The highest BCUT2D eigenvalue weighted by atomic mass is 32.1. The maximum absolute atomic E-state index is 12.4. The number of imidazole rings is 1. The average Bonchev–Trinajstić information content (AvgIpc) is 2.84. The number of H-pyrrole nitrogens is 1. The molecule has 1 atom stereocenters. The van der Waals surface area contributed by atoms with Gasteiger partial charge in [0.2, 0.25) is 0 Å². The lowest BCUT2D eigenvalue weighted by Gasteiger charge is -2.25. The minimum absolute atomic E-state index is 0.309. The Balaban J connectivity index is 2.31. The molecule has 0 fully saturated rings. The third kappa shape index (κ3) is 5.17. The molecule has 1 aromatic heterocycles. The molecule has 0 spiro atoms. The Bertz CT molecular complexity index is 846. The standard InChI is InChI=1S/C19H27N3O3S/c1-12(2)10-11-14(21-18(24)25-19(3,4)5)16(26)22-15-9-7-6-8-13(15)20-17(22)23/h6-9,12,14H,10-11H2,1-5H3,(H,20,23)(H,21,24)/t14-/m0/s1. The first kappa shape index (κ1) is 20.2. The maximum atomic E-state index is 12.4. The number of aromatic nitrogens is 2. The number of amides is 1. The minimum atomic E-state index is -0.605. The zero-order valence-electron chi connectivity index (χ0n) is 16.0. The quantitative estimate of drug-likeness (QED) is 0.777. The first-order valence-corrected chi connectivity index (χ1v) is 9.23. The average molecular weight is 378 g/mol. The van der Waals surface area contributed by atoms with Crippen molar-refractivity contribution in [2.45, 2.75) is 59.1 Å². The zero-order valence-corrected chi connectivity index (χ0v) is 16.8. The van der Waals surface area contributed by atoms with Gasteiger partial charge in [0.15, 0.2) is 0 Å². The number of para-hydroxylation sites is 2. The fourth-order valence-corrected chi connectivity index (χ4v) is 2.99. The summed E-state index contributed by atoms with van der Waals surface area (Å²) in [5.41, 5.74) is 0.492. The molecule has 0 aliphatic heterocycles. The van der Waals surface area contributed by atoms with Crippen LogP contribution in [0.2, 0.25) is 0 Å². The number of nitrogens with zero attached hydrogens (tertiary/aromatic N) is 1. The van der Waals surface area contributed by atoms with Crippen molar-refractivity contribution in [2.75, 3.05) is 0 Å². The summed E-state index contributed by atoms with van der Waals surface area (Å²) >= 11 is 5.60. The van der Waals surface area contributed by atoms with E-state index in [9.17, 15) is 9.59 Å². The van der Waals surface area contributed by atoms with Gasteiger partial charge < -0.3 is 15.0 Å². The predicted molar refractivity (Wildman–Crippen MR) is 108 cm³/mol. The largest absolute Gasteiger partial charge is 0.444 e. The van der Waals surface area contributed by atoms with Crippen LogP contribution in [0.3, 0.4) is 0 Å². The van der Waals surface area contributed by atoms with Crippen LogP contribution in [0.15, 0.2) is 29.1 Å². The normalized spacial score (nSPS) is 13.0. The van der Waals surface area contributed by atoms with Gasteiger partial charge in [-0.3, -0.25) is 4.57 Å². The van der Waals surface area contributed by atoms with E-state index in [1.54, 1.807) is 20.8 Å². The fourth-order valence-electron chi connectivity index (χ4n) is 2.64. The summed E-state index contributed by atoms with van der Waals surface area (Å²) in [5.74, 6) is 0.445. The predicted octanol–water partition coefficient (Wildman–Crippen LogP) is 3.83. The minimum Gasteiger partial charge on any atom is -0.444 e. The molecular formula is C19H27N3O3S. The number of aromatic amines is 1. The van der Waals surface area contributed by atoms with Crippen molar-refractivity contribution in [2.24, 2.45) is 5.92 Å². The highest BCUT2D eigenvalue weighted by Crippen LogP contribution is 2.15. The van der Waals surface area contributed by atoms with Crippen molar-refractivity contribution in [3.8, 4) is 0 Å². The van der Waals surface area contributed by atoms with E-state index in [4.69, 9.17) is 17.0 Å². The van der Waals surface area contributed by atoms with Crippen LogP contribution < -0.4 is 11.0 Å². The summed E-state index contributed by atoms with van der Waals surface area (Å²) in [5, 5.41) is 2.83. The molecule has 142 valence electrons. The second-order valence-electron chi connectivity index (χ2n) is 7.79. The summed E-state index contributed by atoms with van der Waals surface area (Å²) < 4.78 is 6.81. The molecule has 26 heavy (non-hydrogen) atoms. The molecule has 0 aliphatic rings. The zero-order chi connectivity index (χ0) is 19.5. The number of alkyl carbamates (subject to hydrolysis) is 1. The first-order valence-electron chi connectivity index (χ1n) is 8.82. The third-order valence-corrected chi connectivity index (χ3v) is 4.30. The molecule has 6 nitrogen and oxygen atoms in total. The Labute approximate surface area is 158 Å². The number of nitrogens with one attached hydrogen (secondary N) is 2. The van der Waals surface area contributed by atoms with E-state index >= 15 is 0 Å². The smallest absolute Gasteiger partial charge is 0.408 e. The second-order valence-corrected chi connectivity index (χ2v) is 8.21. The van der Waals surface area contributed by atoms with Gasteiger partial charge in [0, 0.05) is 0 Å². The van der Waals surface area contributed by atoms with E-state index in [0.29, 0.717) is 28.4 Å². The molecule has 1 heterocycles. The lowest BCUT2D eigenvalue weighted by molar-refractivity contribution is 0.0515. The molecular weight excluding hydrogens is 350 g/mol. The summed E-state index contributed by atoms with van der Waals surface area (Å²) in [6, 6.07) is 6.87. The van der Waals surface area contributed by atoms with Gasteiger partial charge in [0.25, 0.3) is 0 Å². The van der Waals surface area contributed by atoms with Gasteiger partial charge in [0.05, 0.1) is 17.1 Å². The summed E-state index contributed by atoms with van der Waals surface area (Å²) in [6.07, 6.45) is 0.945. The topological polar surface area (TPSA) is 76.1 Å². The van der Waals surface area contributed by atoms with E-state index in [-0.39, 0.29) is 5.69 Å². The van der Waals surface area contributed by atoms with Gasteiger partial charge in [0.1, 0.15) is 10.6 Å². The highest BCUT2D eigenvalue weighted by Gasteiger charge is 2.25. The summed E-state index contributed by atoms with van der Waals surface area (Å²) in [6.45, 7) is 9.62. The number of benzene rings is 1. The Morgan fingerprint density at radius 1 is 1.27 bits per heavy atom. The van der Waals surface area contributed by atoms with E-state index in [1.807, 2.05) is 24.3 Å². The SMILES string of the molecule is CC(C)CC[C@H](NC(=O)OC(C)(C)C)C(=S)n1c(=O)[nH]c2ccccc21. The number of rotatable bonds is 5. The van der Waals surface area contributed by atoms with Crippen LogP contribution in [-0.4, -0.2) is 32.3 Å². The Morgan fingerprint density at radius 2 is 1.92 bits per heavy atom. The van der Waals surface area contributed by atoms with Crippen LogP contribution >= 0.6 is 12.2 Å². The van der Waals surface area contributed by atoms with Crippen LogP contribution in [0.4, 0.5) is 4.79 Å². The van der Waals surface area contributed by atoms with Gasteiger partial charge in [-0.25, -0.2) is 9.59 Å². The molecule has 1 amide bonds. The van der Waals surface area contributed by atoms with Crippen LogP contribution in [0, 0.1) is 5.92 Å². The Morgan fingerprint density at radius 3 is 2.54 bits per heavy atom. The number of ether oxygens (including phenoxy) is 1. The molecule has 0 saturated carbocycles. The fraction of sp³-hybridized carbons (Fsp3) is 0.526. The Kier molecular flexibility index (Phi) is 6.23. The van der Waals surface area contributed by atoms with Crippen molar-refractivity contribution < 1.29 is 9.53 Å². The number of hydrogen-bond donors (Lipinski definition) is 2. The molecule has 7 heteroatoms. The van der Waals surface area contributed by atoms with Gasteiger partial charge in [-0.2, -0.15) is 0 Å². The number of thiocarbonyl (C=S) groups is 1. The van der Waals surface area contributed by atoms with Crippen molar-refractivity contribution in [3.05, 3.63) is 34.7 Å². The highest BCUT2D eigenvalue weighted by molar-refractivity contribution is 7.80. The molecule has 2 N–H and O–H groups in total. The summed E-state index contributed by atoms with van der Waals surface area (Å²) in [4.78, 5) is 27.8. The lowest BCUT2D eigenvalue weighted by atomic mass is 10.0. The van der Waals surface area contributed by atoms with Crippen molar-refractivity contribution in [3.63, 3.8) is 0 Å². The second kappa shape index (κ2) is 8.03. The molecule has 0 bridgehead atoms. The Hall–Kier alpha value is -2.15. The molecule has 0 unspecified atom stereocenters. The van der Waals surface area contributed by atoms with E-state index in [0.717, 1.165) is 6.42 Å². The van der Waals surface area contributed by atoms with Crippen molar-refractivity contribution in [1.82, 2.24) is 14.9 Å². The van der Waals surface area contributed by atoms with Gasteiger partial charge >= 0.3 is 11.8 Å². The van der Waals surface area contributed by atoms with E-state index < -0.39 is 17.7 Å². The summed E-state index contributed by atoms with van der Waals surface area (Å²) in [7, 11) is 0. The number of fused-ring (bicyclic) bond motifs is 1. The third-order valence-electron chi connectivity index (χ3n) is 3.83. The molecule has 0 saturated heterocycles. The van der Waals surface area contributed by atoms with Gasteiger partial charge in [-0.05, 0) is 51.7 Å². The maximum Gasteiger partial charge on any atom is 0.408 e. The van der Waals surface area contributed by atoms with Crippen LogP contribution in [0.5, 0.6) is 0 Å². The van der Waals surface area contributed by atoms with Crippen LogP contribution in [0.25, 0.3) is 11.0 Å². The van der Waals surface area contributed by atoms with Gasteiger partial charge in [-0.15, -0.1) is 0 Å². The number of carbonyl (C=O) groups is 1. The molecule has 1 aromatic carbocycles.